The monoisotopic (exact) mass is 334 g/mol. The summed E-state index contributed by atoms with van der Waals surface area (Å²) in [6, 6.07) is 7.56. The number of amides is 1. The third-order valence-corrected chi connectivity index (χ3v) is 5.00. The average molecular weight is 334 g/mol. The number of ether oxygens (including phenoxy) is 2. The molecule has 0 radical (unpaired) electrons. The van der Waals surface area contributed by atoms with Gasteiger partial charge in [-0.1, -0.05) is 12.1 Å². The maximum Gasteiger partial charge on any atom is 0.256 e. The number of benzene rings is 1. The molecule has 3 rings (SSSR count). The van der Waals surface area contributed by atoms with Gasteiger partial charge in [-0.05, 0) is 30.5 Å². The molecule has 1 aromatic rings. The molecule has 24 heavy (non-hydrogen) atoms. The van der Waals surface area contributed by atoms with Gasteiger partial charge in [-0.2, -0.15) is 0 Å². The van der Waals surface area contributed by atoms with E-state index >= 15 is 0 Å². The van der Waals surface area contributed by atoms with Crippen LogP contribution in [0.1, 0.15) is 24.5 Å². The smallest absolute Gasteiger partial charge is 0.256 e. The lowest BCUT2D eigenvalue weighted by Gasteiger charge is -2.41. The van der Waals surface area contributed by atoms with Crippen molar-refractivity contribution >= 4 is 5.91 Å². The maximum atomic E-state index is 12.5. The van der Waals surface area contributed by atoms with E-state index in [2.05, 4.69) is 4.90 Å². The zero-order valence-electron chi connectivity index (χ0n) is 14.2. The van der Waals surface area contributed by atoms with E-state index in [-0.39, 0.29) is 5.91 Å². The molecule has 1 aromatic carbocycles. The summed E-state index contributed by atoms with van der Waals surface area (Å²) in [6.45, 7) is 4.74. The van der Waals surface area contributed by atoms with Crippen LogP contribution in [0, 0.1) is 0 Å². The fourth-order valence-corrected chi connectivity index (χ4v) is 3.46. The van der Waals surface area contributed by atoms with Gasteiger partial charge in [-0.25, -0.2) is 0 Å². The van der Waals surface area contributed by atoms with Crippen molar-refractivity contribution in [3.63, 3.8) is 0 Å². The molecule has 1 N–H and O–H groups in total. The predicted molar refractivity (Wildman–Crippen MR) is 89.9 cm³/mol. The Morgan fingerprint density at radius 1 is 1.17 bits per heavy atom. The normalized spacial score (nSPS) is 21.5. The van der Waals surface area contributed by atoms with Crippen LogP contribution in [0.5, 0.6) is 5.75 Å². The molecule has 0 unspecified atom stereocenters. The fourth-order valence-electron chi connectivity index (χ4n) is 3.46. The lowest BCUT2D eigenvalue weighted by atomic mass is 10.1. The van der Waals surface area contributed by atoms with Gasteiger partial charge in [-0.15, -0.1) is 0 Å². The number of carbonyl (C=O) groups excluding carboxylic acids is 1. The van der Waals surface area contributed by atoms with Gasteiger partial charge in [-0.3, -0.25) is 9.69 Å². The van der Waals surface area contributed by atoms with Gasteiger partial charge in [0, 0.05) is 45.4 Å². The summed E-state index contributed by atoms with van der Waals surface area (Å²) in [5.74, 6) is 0.496. The molecule has 132 valence electrons. The number of hydrogen-bond acceptors (Lipinski definition) is 5. The summed E-state index contributed by atoms with van der Waals surface area (Å²) in [6.07, 6.45) is 1.04. The van der Waals surface area contributed by atoms with Crippen LogP contribution in [-0.2, 0) is 9.53 Å². The Morgan fingerprint density at radius 2 is 1.79 bits per heavy atom. The molecule has 1 atom stereocenters. The second-order valence-electron chi connectivity index (χ2n) is 6.38. The van der Waals surface area contributed by atoms with Crippen LogP contribution in [0.4, 0.5) is 0 Å². The molecule has 2 aliphatic rings. The third-order valence-electron chi connectivity index (χ3n) is 5.00. The Kier molecular flexibility index (Phi) is 5.71. The lowest BCUT2D eigenvalue weighted by molar-refractivity contribution is -0.143. The Hall–Kier alpha value is -1.63. The first kappa shape index (κ1) is 17.2. The maximum absolute atomic E-state index is 12.5. The highest BCUT2D eigenvalue weighted by Crippen LogP contribution is 2.21. The SMILES string of the molecule is COc1ccc([C@H](O)C(=O)N2CCN(C3CCOCC3)CC2)cc1. The summed E-state index contributed by atoms with van der Waals surface area (Å²) in [7, 11) is 1.59. The molecule has 0 saturated carbocycles. The topological polar surface area (TPSA) is 62.2 Å². The van der Waals surface area contributed by atoms with E-state index in [1.165, 1.54) is 0 Å². The molecule has 0 aliphatic carbocycles. The first-order chi connectivity index (χ1) is 11.7. The Balaban J connectivity index is 1.53. The summed E-state index contributed by atoms with van der Waals surface area (Å²) in [5, 5.41) is 10.4. The van der Waals surface area contributed by atoms with E-state index < -0.39 is 6.10 Å². The number of nitrogens with zero attached hydrogens (tertiary/aromatic N) is 2. The van der Waals surface area contributed by atoms with Gasteiger partial charge >= 0.3 is 0 Å². The molecule has 2 saturated heterocycles. The predicted octanol–water partition coefficient (Wildman–Crippen LogP) is 1.05. The Labute approximate surface area is 143 Å². The minimum absolute atomic E-state index is 0.216. The van der Waals surface area contributed by atoms with Crippen molar-refractivity contribution in [1.82, 2.24) is 9.80 Å². The number of rotatable bonds is 4. The molecule has 2 aliphatic heterocycles. The van der Waals surface area contributed by atoms with Gasteiger partial charge in [0.1, 0.15) is 5.75 Å². The molecule has 2 heterocycles. The van der Waals surface area contributed by atoms with Crippen LogP contribution in [-0.4, -0.2) is 73.4 Å². The minimum Gasteiger partial charge on any atom is -0.497 e. The van der Waals surface area contributed by atoms with E-state index in [1.54, 1.807) is 36.3 Å². The summed E-state index contributed by atoms with van der Waals surface area (Å²) >= 11 is 0. The first-order valence-electron chi connectivity index (χ1n) is 8.61. The van der Waals surface area contributed by atoms with Gasteiger partial charge in [0.05, 0.1) is 7.11 Å². The van der Waals surface area contributed by atoms with E-state index in [4.69, 9.17) is 9.47 Å². The van der Waals surface area contributed by atoms with E-state index in [1.807, 2.05) is 0 Å². The number of carbonyl (C=O) groups is 1. The molecule has 1 amide bonds. The highest BCUT2D eigenvalue weighted by Gasteiger charge is 2.30. The van der Waals surface area contributed by atoms with E-state index in [9.17, 15) is 9.90 Å². The van der Waals surface area contributed by atoms with Gasteiger partial charge in [0.15, 0.2) is 6.10 Å². The third kappa shape index (κ3) is 3.88. The molecular weight excluding hydrogens is 308 g/mol. The number of methoxy groups -OCH3 is 1. The van der Waals surface area contributed by atoms with Crippen LogP contribution < -0.4 is 4.74 Å². The standard InChI is InChI=1S/C18H26N2O4/c1-23-16-4-2-14(3-5-16)17(21)18(22)20-10-8-19(9-11-20)15-6-12-24-13-7-15/h2-5,15,17,21H,6-13H2,1H3/t17-/m0/s1. The van der Waals surface area contributed by atoms with E-state index in [0.717, 1.165) is 39.1 Å². The van der Waals surface area contributed by atoms with Crippen molar-refractivity contribution in [2.45, 2.75) is 25.0 Å². The summed E-state index contributed by atoms with van der Waals surface area (Å²) < 4.78 is 10.5. The fraction of sp³-hybridized carbons (Fsp3) is 0.611. The van der Waals surface area contributed by atoms with Crippen LogP contribution in [0.25, 0.3) is 0 Å². The zero-order valence-corrected chi connectivity index (χ0v) is 14.2. The lowest BCUT2D eigenvalue weighted by Crippen LogP contribution is -2.53. The van der Waals surface area contributed by atoms with Crippen molar-refractivity contribution in [2.75, 3.05) is 46.5 Å². The molecular formula is C18H26N2O4. The molecule has 6 heteroatoms. The molecule has 2 fully saturated rings. The van der Waals surface area contributed by atoms with Crippen LogP contribution >= 0.6 is 0 Å². The van der Waals surface area contributed by atoms with Crippen LogP contribution in [0.15, 0.2) is 24.3 Å². The summed E-state index contributed by atoms with van der Waals surface area (Å²) in [4.78, 5) is 16.8. The van der Waals surface area contributed by atoms with Gasteiger partial charge < -0.3 is 19.5 Å². The Bertz CT molecular complexity index is 534. The van der Waals surface area contributed by atoms with E-state index in [0.29, 0.717) is 30.4 Å². The van der Waals surface area contributed by atoms with Crippen LogP contribution in [0.3, 0.4) is 0 Å². The second-order valence-corrected chi connectivity index (χ2v) is 6.38. The van der Waals surface area contributed by atoms with Crippen molar-refractivity contribution in [1.29, 1.82) is 0 Å². The highest BCUT2D eigenvalue weighted by molar-refractivity contribution is 5.82. The molecule has 0 spiro atoms. The quantitative estimate of drug-likeness (QED) is 0.892. The molecule has 0 aromatic heterocycles. The second kappa shape index (κ2) is 7.96. The van der Waals surface area contributed by atoms with Crippen molar-refractivity contribution in [3.8, 4) is 5.75 Å². The van der Waals surface area contributed by atoms with Gasteiger partial charge in [0.2, 0.25) is 0 Å². The first-order valence-corrected chi connectivity index (χ1v) is 8.61. The highest BCUT2D eigenvalue weighted by atomic mass is 16.5. The molecule has 6 nitrogen and oxygen atoms in total. The van der Waals surface area contributed by atoms with Crippen molar-refractivity contribution in [3.05, 3.63) is 29.8 Å². The zero-order chi connectivity index (χ0) is 16.9. The minimum atomic E-state index is -1.11. The number of aliphatic hydroxyl groups excluding tert-OH is 1. The number of piperazine rings is 1. The number of aliphatic hydroxyl groups is 1. The Morgan fingerprint density at radius 3 is 2.38 bits per heavy atom. The average Bonchev–Trinajstić information content (AvgIpc) is 2.68. The van der Waals surface area contributed by atoms with Gasteiger partial charge in [0.25, 0.3) is 5.91 Å². The molecule has 0 bridgehead atoms. The largest absolute Gasteiger partial charge is 0.497 e. The van der Waals surface area contributed by atoms with Crippen molar-refractivity contribution < 1.29 is 19.4 Å². The van der Waals surface area contributed by atoms with Crippen LogP contribution in [0.2, 0.25) is 0 Å². The number of hydrogen-bond donors (Lipinski definition) is 1. The summed E-state index contributed by atoms with van der Waals surface area (Å²) in [5.41, 5.74) is 0.604. The van der Waals surface area contributed by atoms with Crippen molar-refractivity contribution in [2.24, 2.45) is 0 Å².